The topological polar surface area (TPSA) is 29.9 Å². The second-order valence-electron chi connectivity index (χ2n) is 4.38. The van der Waals surface area contributed by atoms with E-state index in [2.05, 4.69) is 37.3 Å². The summed E-state index contributed by atoms with van der Waals surface area (Å²) in [5.41, 5.74) is 1.20. The van der Waals surface area contributed by atoms with Gasteiger partial charge in [0.05, 0.1) is 5.69 Å². The first kappa shape index (κ1) is 12.2. The zero-order valence-electron chi connectivity index (χ0n) is 10.3. The van der Waals surface area contributed by atoms with Crippen LogP contribution in [0.25, 0.3) is 0 Å². The number of hydrogen-bond acceptors (Lipinski definition) is 2. The van der Waals surface area contributed by atoms with Crippen molar-refractivity contribution >= 4 is 0 Å². The first-order valence-electron chi connectivity index (χ1n) is 5.85. The van der Waals surface area contributed by atoms with Crippen LogP contribution in [0.15, 0.2) is 12.3 Å². The molecule has 0 saturated carbocycles. The molecule has 0 spiro atoms. The van der Waals surface area contributed by atoms with Crippen molar-refractivity contribution in [2.75, 3.05) is 13.1 Å². The lowest BCUT2D eigenvalue weighted by Gasteiger charge is -2.18. The molecule has 2 unspecified atom stereocenters. The summed E-state index contributed by atoms with van der Waals surface area (Å²) in [6.07, 6.45) is 3.21. The summed E-state index contributed by atoms with van der Waals surface area (Å²) in [6, 6.07) is 2.11. The lowest BCUT2D eigenvalue weighted by molar-refractivity contribution is 0.439. The molecule has 15 heavy (non-hydrogen) atoms. The summed E-state index contributed by atoms with van der Waals surface area (Å²) >= 11 is 0. The van der Waals surface area contributed by atoms with Crippen LogP contribution >= 0.6 is 0 Å². The van der Waals surface area contributed by atoms with Crippen LogP contribution in [0.2, 0.25) is 0 Å². The van der Waals surface area contributed by atoms with Gasteiger partial charge in [-0.3, -0.25) is 4.68 Å². The standard InChI is InChI=1S/C12H23N3/c1-5-7-13-9-10(2)11(3)12-6-8-15(4)14-12/h6,8,10-11,13H,5,7,9H2,1-4H3. The molecule has 0 saturated heterocycles. The predicted molar refractivity (Wildman–Crippen MR) is 63.9 cm³/mol. The Hall–Kier alpha value is -0.830. The minimum absolute atomic E-state index is 0.524. The number of nitrogens with zero attached hydrogens (tertiary/aromatic N) is 2. The van der Waals surface area contributed by atoms with Crippen LogP contribution in [-0.4, -0.2) is 22.9 Å². The zero-order valence-corrected chi connectivity index (χ0v) is 10.3. The van der Waals surface area contributed by atoms with Gasteiger partial charge in [-0.2, -0.15) is 5.10 Å². The van der Waals surface area contributed by atoms with Gasteiger partial charge < -0.3 is 5.32 Å². The fourth-order valence-electron chi connectivity index (χ4n) is 1.65. The van der Waals surface area contributed by atoms with Gasteiger partial charge in [0, 0.05) is 19.2 Å². The molecule has 2 atom stereocenters. The molecule has 0 bridgehead atoms. The molecule has 0 amide bonds. The lowest BCUT2D eigenvalue weighted by atomic mass is 9.93. The summed E-state index contributed by atoms with van der Waals surface area (Å²) in [5, 5.41) is 7.91. The Morgan fingerprint density at radius 3 is 2.73 bits per heavy atom. The van der Waals surface area contributed by atoms with E-state index in [-0.39, 0.29) is 0 Å². The molecule has 3 nitrogen and oxygen atoms in total. The smallest absolute Gasteiger partial charge is 0.0655 e. The highest BCUT2D eigenvalue weighted by atomic mass is 15.2. The lowest BCUT2D eigenvalue weighted by Crippen LogP contribution is -2.25. The van der Waals surface area contributed by atoms with Gasteiger partial charge in [0.1, 0.15) is 0 Å². The van der Waals surface area contributed by atoms with E-state index in [1.165, 1.54) is 12.1 Å². The van der Waals surface area contributed by atoms with Gasteiger partial charge in [-0.25, -0.2) is 0 Å². The van der Waals surface area contributed by atoms with Crippen molar-refractivity contribution < 1.29 is 0 Å². The van der Waals surface area contributed by atoms with Gasteiger partial charge >= 0.3 is 0 Å². The third-order valence-electron chi connectivity index (χ3n) is 2.95. The molecule has 0 fully saturated rings. The molecule has 1 heterocycles. The van der Waals surface area contributed by atoms with E-state index in [1.807, 2.05) is 17.9 Å². The summed E-state index contributed by atoms with van der Waals surface area (Å²) in [7, 11) is 1.97. The van der Waals surface area contributed by atoms with Crippen molar-refractivity contribution in [2.24, 2.45) is 13.0 Å². The number of aromatic nitrogens is 2. The van der Waals surface area contributed by atoms with Gasteiger partial charge in [-0.15, -0.1) is 0 Å². The highest BCUT2D eigenvalue weighted by Gasteiger charge is 2.15. The van der Waals surface area contributed by atoms with E-state index < -0.39 is 0 Å². The number of aryl methyl sites for hydroxylation is 1. The van der Waals surface area contributed by atoms with E-state index in [0.717, 1.165) is 13.1 Å². The normalized spacial score (nSPS) is 15.2. The highest BCUT2D eigenvalue weighted by molar-refractivity contribution is 5.06. The van der Waals surface area contributed by atoms with Crippen molar-refractivity contribution in [1.29, 1.82) is 0 Å². The van der Waals surface area contributed by atoms with Gasteiger partial charge in [-0.05, 0) is 31.5 Å². The Bertz CT molecular complexity index is 280. The number of rotatable bonds is 6. The first-order valence-corrected chi connectivity index (χ1v) is 5.85. The van der Waals surface area contributed by atoms with Crippen LogP contribution in [0, 0.1) is 5.92 Å². The Morgan fingerprint density at radius 1 is 1.47 bits per heavy atom. The van der Waals surface area contributed by atoms with E-state index >= 15 is 0 Å². The van der Waals surface area contributed by atoms with Crippen molar-refractivity contribution in [3.63, 3.8) is 0 Å². The van der Waals surface area contributed by atoms with E-state index in [0.29, 0.717) is 11.8 Å². The minimum Gasteiger partial charge on any atom is -0.316 e. The molecular weight excluding hydrogens is 186 g/mol. The molecule has 3 heteroatoms. The summed E-state index contributed by atoms with van der Waals surface area (Å²) in [6.45, 7) is 8.91. The quantitative estimate of drug-likeness (QED) is 0.728. The van der Waals surface area contributed by atoms with E-state index in [1.54, 1.807) is 0 Å². The Kier molecular flexibility index (Phi) is 4.82. The van der Waals surface area contributed by atoms with Gasteiger partial charge in [0.25, 0.3) is 0 Å². The van der Waals surface area contributed by atoms with Gasteiger partial charge in [-0.1, -0.05) is 20.8 Å². The molecule has 0 aromatic carbocycles. The van der Waals surface area contributed by atoms with Crippen LogP contribution in [0.4, 0.5) is 0 Å². The number of hydrogen-bond donors (Lipinski definition) is 1. The van der Waals surface area contributed by atoms with Gasteiger partial charge in [0.15, 0.2) is 0 Å². The zero-order chi connectivity index (χ0) is 11.3. The fourth-order valence-corrected chi connectivity index (χ4v) is 1.65. The third kappa shape index (κ3) is 3.67. The number of nitrogens with one attached hydrogen (secondary N) is 1. The second-order valence-corrected chi connectivity index (χ2v) is 4.38. The van der Waals surface area contributed by atoms with Crippen molar-refractivity contribution in [3.8, 4) is 0 Å². The molecule has 1 aromatic rings. The van der Waals surface area contributed by atoms with Crippen molar-refractivity contribution in [3.05, 3.63) is 18.0 Å². The average molecular weight is 209 g/mol. The largest absolute Gasteiger partial charge is 0.316 e. The first-order chi connectivity index (χ1) is 7.15. The SMILES string of the molecule is CCCNCC(C)C(C)c1ccn(C)n1. The minimum atomic E-state index is 0.524. The maximum atomic E-state index is 4.45. The Labute approximate surface area is 92.9 Å². The van der Waals surface area contributed by atoms with Crippen molar-refractivity contribution in [2.45, 2.75) is 33.1 Å². The summed E-state index contributed by atoms with van der Waals surface area (Å²) in [5.74, 6) is 1.15. The van der Waals surface area contributed by atoms with Crippen LogP contribution in [-0.2, 0) is 7.05 Å². The average Bonchev–Trinajstić information content (AvgIpc) is 2.64. The van der Waals surface area contributed by atoms with Gasteiger partial charge in [0.2, 0.25) is 0 Å². The predicted octanol–water partition coefficient (Wildman–Crippen LogP) is 2.16. The Morgan fingerprint density at radius 2 is 2.20 bits per heavy atom. The summed E-state index contributed by atoms with van der Waals surface area (Å²) in [4.78, 5) is 0. The molecule has 1 aromatic heterocycles. The molecule has 1 N–H and O–H groups in total. The molecule has 0 aliphatic heterocycles. The van der Waals surface area contributed by atoms with Crippen LogP contribution in [0.3, 0.4) is 0 Å². The maximum Gasteiger partial charge on any atom is 0.0655 e. The van der Waals surface area contributed by atoms with Crippen LogP contribution in [0.5, 0.6) is 0 Å². The summed E-state index contributed by atoms with van der Waals surface area (Å²) < 4.78 is 1.87. The monoisotopic (exact) mass is 209 g/mol. The molecular formula is C12H23N3. The van der Waals surface area contributed by atoms with Crippen LogP contribution in [0.1, 0.15) is 38.8 Å². The second kappa shape index (κ2) is 5.91. The molecule has 1 rings (SSSR count). The maximum absolute atomic E-state index is 4.45. The molecule has 0 aliphatic carbocycles. The van der Waals surface area contributed by atoms with Crippen LogP contribution < -0.4 is 5.32 Å². The molecule has 0 aliphatic rings. The van der Waals surface area contributed by atoms with E-state index in [4.69, 9.17) is 0 Å². The van der Waals surface area contributed by atoms with Crippen molar-refractivity contribution in [1.82, 2.24) is 15.1 Å². The third-order valence-corrected chi connectivity index (χ3v) is 2.95. The molecule has 0 radical (unpaired) electrons. The highest BCUT2D eigenvalue weighted by Crippen LogP contribution is 2.21. The fraction of sp³-hybridized carbons (Fsp3) is 0.750. The Balaban J connectivity index is 2.42. The van der Waals surface area contributed by atoms with E-state index in [9.17, 15) is 0 Å². The molecule has 86 valence electrons.